The van der Waals surface area contributed by atoms with Crippen molar-refractivity contribution in [3.8, 4) is 0 Å². The maximum absolute atomic E-state index is 12.2. The second-order valence-corrected chi connectivity index (χ2v) is 6.47. The molecule has 4 heteroatoms. The third-order valence-electron chi connectivity index (χ3n) is 4.75. The molecule has 1 atom stereocenters. The Morgan fingerprint density at radius 1 is 1.00 bits per heavy atom. The van der Waals surface area contributed by atoms with Gasteiger partial charge in [-0.15, -0.1) is 0 Å². The summed E-state index contributed by atoms with van der Waals surface area (Å²) in [5.74, 6) is 0.229. The summed E-state index contributed by atoms with van der Waals surface area (Å²) in [6, 6.07) is 0.977. The van der Waals surface area contributed by atoms with Gasteiger partial charge in [0.1, 0.15) is 0 Å². The predicted molar refractivity (Wildman–Crippen MR) is 82.8 cm³/mol. The van der Waals surface area contributed by atoms with Gasteiger partial charge in [-0.25, -0.2) is 0 Å². The molecule has 2 aliphatic rings. The fraction of sp³-hybridized carbons (Fsp3) is 0.938. The van der Waals surface area contributed by atoms with Crippen LogP contribution in [0.4, 0.5) is 0 Å². The van der Waals surface area contributed by atoms with Crippen molar-refractivity contribution in [3.63, 3.8) is 0 Å². The molecule has 1 amide bonds. The Labute approximate surface area is 123 Å². The van der Waals surface area contributed by atoms with Crippen molar-refractivity contribution in [2.45, 2.75) is 69.9 Å². The van der Waals surface area contributed by atoms with Gasteiger partial charge in [0, 0.05) is 18.6 Å². The molecule has 1 saturated carbocycles. The first-order chi connectivity index (χ1) is 9.78. The number of piperidine rings is 1. The molecule has 0 aromatic carbocycles. The summed E-state index contributed by atoms with van der Waals surface area (Å²) in [4.78, 5) is 14.5. The van der Waals surface area contributed by atoms with E-state index >= 15 is 0 Å². The van der Waals surface area contributed by atoms with Crippen molar-refractivity contribution in [1.29, 1.82) is 0 Å². The van der Waals surface area contributed by atoms with Crippen molar-refractivity contribution >= 4 is 5.91 Å². The third kappa shape index (κ3) is 5.41. The molecule has 0 bridgehead atoms. The first kappa shape index (κ1) is 15.8. The summed E-state index contributed by atoms with van der Waals surface area (Å²) in [7, 11) is 2.02. The van der Waals surface area contributed by atoms with Crippen LogP contribution in [0.25, 0.3) is 0 Å². The Bertz CT molecular complexity index is 281. The van der Waals surface area contributed by atoms with Gasteiger partial charge in [0.2, 0.25) is 5.91 Å². The highest BCUT2D eigenvalue weighted by molar-refractivity contribution is 5.78. The van der Waals surface area contributed by atoms with E-state index in [1.807, 2.05) is 7.05 Å². The molecule has 0 aromatic heterocycles. The van der Waals surface area contributed by atoms with Crippen molar-refractivity contribution in [3.05, 3.63) is 0 Å². The molecule has 0 spiro atoms. The van der Waals surface area contributed by atoms with Crippen molar-refractivity contribution in [2.75, 3.05) is 26.7 Å². The Morgan fingerprint density at radius 2 is 1.65 bits per heavy atom. The lowest BCUT2D eigenvalue weighted by atomic mass is 9.97. The van der Waals surface area contributed by atoms with E-state index in [1.165, 1.54) is 57.8 Å². The van der Waals surface area contributed by atoms with Gasteiger partial charge in [0.05, 0.1) is 6.54 Å². The number of carbonyl (C=O) groups excluding carboxylic acids is 1. The first-order valence-corrected chi connectivity index (χ1v) is 8.47. The first-order valence-electron chi connectivity index (χ1n) is 8.47. The zero-order chi connectivity index (χ0) is 14.2. The van der Waals surface area contributed by atoms with Gasteiger partial charge in [-0.2, -0.15) is 0 Å². The highest BCUT2D eigenvalue weighted by Gasteiger charge is 2.21. The number of carbonyl (C=O) groups is 1. The number of amides is 1. The molecule has 1 aliphatic carbocycles. The fourth-order valence-electron chi connectivity index (χ4n) is 3.51. The number of nitrogens with zero attached hydrogens (tertiary/aromatic N) is 1. The average molecular weight is 281 g/mol. The minimum Gasteiger partial charge on any atom is -0.352 e. The molecular weight excluding hydrogens is 250 g/mol. The molecule has 20 heavy (non-hydrogen) atoms. The van der Waals surface area contributed by atoms with E-state index in [0.717, 1.165) is 13.1 Å². The molecule has 1 saturated heterocycles. The van der Waals surface area contributed by atoms with E-state index in [4.69, 9.17) is 0 Å². The molecule has 116 valence electrons. The summed E-state index contributed by atoms with van der Waals surface area (Å²) in [6.45, 7) is 2.65. The normalized spacial score (nSPS) is 26.8. The molecule has 0 radical (unpaired) electrons. The number of likely N-dealkylation sites (N-methyl/N-ethyl adjacent to an activating group) is 1. The van der Waals surface area contributed by atoms with Crippen molar-refractivity contribution in [2.24, 2.45) is 0 Å². The molecule has 1 aliphatic heterocycles. The topological polar surface area (TPSA) is 44.4 Å². The van der Waals surface area contributed by atoms with Gasteiger partial charge < -0.3 is 10.6 Å². The van der Waals surface area contributed by atoms with Crippen LogP contribution in [0.1, 0.15) is 57.8 Å². The SMILES string of the molecule is CNC1CCCN(CC(=O)NC2CCCCCCC2)C1. The van der Waals surface area contributed by atoms with Gasteiger partial charge in [0.15, 0.2) is 0 Å². The predicted octanol–water partition coefficient (Wildman–Crippen LogP) is 1.90. The standard InChI is InChI=1S/C16H31N3O/c1-17-15-10-7-11-19(12-15)13-16(20)18-14-8-5-3-2-4-6-9-14/h14-15,17H,2-13H2,1H3,(H,18,20). The fourth-order valence-corrected chi connectivity index (χ4v) is 3.51. The van der Waals surface area contributed by atoms with Crippen LogP contribution in [-0.4, -0.2) is 49.6 Å². The third-order valence-corrected chi connectivity index (χ3v) is 4.75. The van der Waals surface area contributed by atoms with E-state index in [1.54, 1.807) is 0 Å². The Kier molecular flexibility index (Phi) is 6.80. The van der Waals surface area contributed by atoms with Crippen LogP contribution in [0.5, 0.6) is 0 Å². The second kappa shape index (κ2) is 8.63. The molecular formula is C16H31N3O. The number of rotatable bonds is 4. The summed E-state index contributed by atoms with van der Waals surface area (Å²) in [6.07, 6.45) is 11.4. The Morgan fingerprint density at radius 3 is 2.35 bits per heavy atom. The maximum atomic E-state index is 12.2. The monoisotopic (exact) mass is 281 g/mol. The summed E-state index contributed by atoms with van der Waals surface area (Å²) in [5, 5.41) is 6.60. The minimum atomic E-state index is 0.229. The zero-order valence-electron chi connectivity index (χ0n) is 13.0. The van der Waals surface area contributed by atoms with E-state index < -0.39 is 0 Å². The molecule has 2 rings (SSSR count). The highest BCUT2D eigenvalue weighted by Crippen LogP contribution is 2.17. The van der Waals surface area contributed by atoms with E-state index in [2.05, 4.69) is 15.5 Å². The van der Waals surface area contributed by atoms with Crippen LogP contribution in [0.15, 0.2) is 0 Å². The highest BCUT2D eigenvalue weighted by atomic mass is 16.2. The van der Waals surface area contributed by atoms with E-state index in [9.17, 15) is 4.79 Å². The number of hydrogen-bond acceptors (Lipinski definition) is 3. The van der Waals surface area contributed by atoms with Gasteiger partial charge in [-0.1, -0.05) is 32.1 Å². The van der Waals surface area contributed by atoms with Gasteiger partial charge in [-0.3, -0.25) is 9.69 Å². The quantitative estimate of drug-likeness (QED) is 0.827. The number of nitrogens with one attached hydrogen (secondary N) is 2. The van der Waals surface area contributed by atoms with E-state index in [-0.39, 0.29) is 5.91 Å². The van der Waals surface area contributed by atoms with Gasteiger partial charge in [0.25, 0.3) is 0 Å². The molecule has 0 aromatic rings. The smallest absolute Gasteiger partial charge is 0.234 e. The maximum Gasteiger partial charge on any atom is 0.234 e. The minimum absolute atomic E-state index is 0.229. The lowest BCUT2D eigenvalue weighted by Gasteiger charge is -2.32. The van der Waals surface area contributed by atoms with Crippen LogP contribution in [0, 0.1) is 0 Å². The van der Waals surface area contributed by atoms with E-state index in [0.29, 0.717) is 18.6 Å². The van der Waals surface area contributed by atoms with Gasteiger partial charge in [-0.05, 0) is 39.3 Å². The largest absolute Gasteiger partial charge is 0.352 e. The Balaban J connectivity index is 1.70. The van der Waals surface area contributed by atoms with Crippen LogP contribution in [0.2, 0.25) is 0 Å². The van der Waals surface area contributed by atoms with Crippen molar-refractivity contribution in [1.82, 2.24) is 15.5 Å². The summed E-state index contributed by atoms with van der Waals surface area (Å²) >= 11 is 0. The lowest BCUT2D eigenvalue weighted by Crippen LogP contribution is -2.49. The lowest BCUT2D eigenvalue weighted by molar-refractivity contribution is -0.123. The molecule has 2 N–H and O–H groups in total. The van der Waals surface area contributed by atoms with Crippen LogP contribution in [0.3, 0.4) is 0 Å². The Hall–Kier alpha value is -0.610. The summed E-state index contributed by atoms with van der Waals surface area (Å²) < 4.78 is 0. The second-order valence-electron chi connectivity index (χ2n) is 6.47. The molecule has 1 unspecified atom stereocenters. The molecule has 1 heterocycles. The average Bonchev–Trinajstić information content (AvgIpc) is 2.42. The molecule has 2 fully saturated rings. The zero-order valence-corrected chi connectivity index (χ0v) is 13.0. The molecule has 4 nitrogen and oxygen atoms in total. The van der Waals surface area contributed by atoms with Gasteiger partial charge >= 0.3 is 0 Å². The van der Waals surface area contributed by atoms with Crippen molar-refractivity contribution < 1.29 is 4.79 Å². The summed E-state index contributed by atoms with van der Waals surface area (Å²) in [5.41, 5.74) is 0. The van der Waals surface area contributed by atoms with Crippen LogP contribution < -0.4 is 10.6 Å². The number of likely N-dealkylation sites (tertiary alicyclic amines) is 1. The van der Waals surface area contributed by atoms with Crippen LogP contribution >= 0.6 is 0 Å². The number of hydrogen-bond donors (Lipinski definition) is 2. The van der Waals surface area contributed by atoms with Crippen LogP contribution in [-0.2, 0) is 4.79 Å².